The molecule has 1 rings (SSSR count). The SMILES string of the molecule is CC(C)CN1C(=O)NC(CN)C1=O. The molecule has 0 aromatic carbocycles. The van der Waals surface area contributed by atoms with Gasteiger partial charge >= 0.3 is 6.03 Å². The second-order valence-electron chi connectivity index (χ2n) is 3.58. The highest BCUT2D eigenvalue weighted by molar-refractivity contribution is 6.04. The summed E-state index contributed by atoms with van der Waals surface area (Å²) in [6.45, 7) is 4.53. The number of nitrogens with zero attached hydrogens (tertiary/aromatic N) is 1. The van der Waals surface area contributed by atoms with Gasteiger partial charge in [-0.05, 0) is 5.92 Å². The molecule has 3 amide bonds. The van der Waals surface area contributed by atoms with E-state index >= 15 is 0 Å². The Bertz CT molecular complexity index is 227. The topological polar surface area (TPSA) is 75.4 Å². The fourth-order valence-corrected chi connectivity index (χ4v) is 1.27. The summed E-state index contributed by atoms with van der Waals surface area (Å²) >= 11 is 0. The molecule has 0 aromatic rings. The first-order valence-corrected chi connectivity index (χ1v) is 4.38. The highest BCUT2D eigenvalue weighted by Gasteiger charge is 2.36. The summed E-state index contributed by atoms with van der Waals surface area (Å²) in [7, 11) is 0. The van der Waals surface area contributed by atoms with Crippen molar-refractivity contribution < 1.29 is 9.59 Å². The van der Waals surface area contributed by atoms with Gasteiger partial charge in [0.1, 0.15) is 6.04 Å². The minimum Gasteiger partial charge on any atom is -0.328 e. The zero-order valence-electron chi connectivity index (χ0n) is 7.91. The molecule has 1 atom stereocenters. The van der Waals surface area contributed by atoms with E-state index in [0.29, 0.717) is 6.54 Å². The minimum absolute atomic E-state index is 0.166. The van der Waals surface area contributed by atoms with Crippen LogP contribution in [0.25, 0.3) is 0 Å². The van der Waals surface area contributed by atoms with E-state index in [1.807, 2.05) is 13.8 Å². The van der Waals surface area contributed by atoms with Crippen LogP contribution in [-0.2, 0) is 4.79 Å². The molecule has 0 radical (unpaired) electrons. The van der Waals surface area contributed by atoms with Crippen molar-refractivity contribution in [1.82, 2.24) is 10.2 Å². The van der Waals surface area contributed by atoms with E-state index in [1.54, 1.807) is 0 Å². The summed E-state index contributed by atoms with van der Waals surface area (Å²) in [5.74, 6) is 0.0763. The second kappa shape index (κ2) is 3.74. The third kappa shape index (κ3) is 1.98. The molecule has 5 nitrogen and oxygen atoms in total. The Balaban J connectivity index is 2.65. The van der Waals surface area contributed by atoms with Crippen molar-refractivity contribution in [2.75, 3.05) is 13.1 Å². The van der Waals surface area contributed by atoms with E-state index in [0.717, 1.165) is 0 Å². The van der Waals surface area contributed by atoms with E-state index in [4.69, 9.17) is 5.73 Å². The quantitative estimate of drug-likeness (QED) is 0.583. The van der Waals surface area contributed by atoms with Crippen molar-refractivity contribution in [3.63, 3.8) is 0 Å². The zero-order valence-corrected chi connectivity index (χ0v) is 7.91. The van der Waals surface area contributed by atoms with Gasteiger partial charge in [-0.15, -0.1) is 0 Å². The number of hydrogen-bond acceptors (Lipinski definition) is 3. The Labute approximate surface area is 77.3 Å². The maximum absolute atomic E-state index is 11.4. The normalized spacial score (nSPS) is 22.8. The Morgan fingerprint density at radius 2 is 2.15 bits per heavy atom. The lowest BCUT2D eigenvalue weighted by atomic mass is 10.2. The molecule has 0 aliphatic carbocycles. The number of nitrogens with one attached hydrogen (secondary N) is 1. The molecule has 0 bridgehead atoms. The lowest BCUT2D eigenvalue weighted by Gasteiger charge is -2.14. The van der Waals surface area contributed by atoms with E-state index in [2.05, 4.69) is 5.32 Å². The number of hydrogen-bond donors (Lipinski definition) is 2. The molecule has 1 heterocycles. The predicted octanol–water partition coefficient (Wildman–Crippen LogP) is -0.478. The summed E-state index contributed by atoms with van der Waals surface area (Å²) in [6, 6.07) is -0.847. The van der Waals surface area contributed by atoms with Crippen LogP contribution in [0.15, 0.2) is 0 Å². The van der Waals surface area contributed by atoms with Crippen molar-refractivity contribution in [3.8, 4) is 0 Å². The van der Waals surface area contributed by atoms with Gasteiger partial charge in [-0.2, -0.15) is 0 Å². The third-order valence-electron chi connectivity index (χ3n) is 1.89. The van der Waals surface area contributed by atoms with E-state index in [9.17, 15) is 9.59 Å². The molecule has 1 fully saturated rings. The van der Waals surface area contributed by atoms with Gasteiger partial charge in [0.05, 0.1) is 0 Å². The Kier molecular flexibility index (Phi) is 2.87. The molecular weight excluding hydrogens is 170 g/mol. The van der Waals surface area contributed by atoms with Gasteiger partial charge < -0.3 is 11.1 Å². The number of imide groups is 1. The largest absolute Gasteiger partial charge is 0.328 e. The molecule has 0 aromatic heterocycles. The molecule has 1 aliphatic heterocycles. The molecule has 74 valence electrons. The minimum atomic E-state index is -0.522. The fourth-order valence-electron chi connectivity index (χ4n) is 1.27. The first-order valence-electron chi connectivity index (χ1n) is 4.38. The highest BCUT2D eigenvalue weighted by atomic mass is 16.2. The number of rotatable bonds is 3. The van der Waals surface area contributed by atoms with Crippen molar-refractivity contribution in [1.29, 1.82) is 0 Å². The van der Waals surface area contributed by atoms with E-state index in [1.165, 1.54) is 4.90 Å². The van der Waals surface area contributed by atoms with Crippen LogP contribution in [0, 0.1) is 5.92 Å². The average molecular weight is 185 g/mol. The molecule has 13 heavy (non-hydrogen) atoms. The van der Waals surface area contributed by atoms with Crippen LogP contribution in [0.1, 0.15) is 13.8 Å². The molecule has 0 spiro atoms. The van der Waals surface area contributed by atoms with Crippen LogP contribution < -0.4 is 11.1 Å². The zero-order chi connectivity index (χ0) is 10.0. The Morgan fingerprint density at radius 3 is 2.54 bits per heavy atom. The summed E-state index contributed by atoms with van der Waals surface area (Å²) in [6.07, 6.45) is 0. The number of carbonyl (C=O) groups excluding carboxylic acids is 2. The van der Waals surface area contributed by atoms with Crippen LogP contribution in [0.5, 0.6) is 0 Å². The van der Waals surface area contributed by atoms with E-state index < -0.39 is 6.04 Å². The molecule has 5 heteroatoms. The van der Waals surface area contributed by atoms with Gasteiger partial charge in [0.2, 0.25) is 0 Å². The van der Waals surface area contributed by atoms with E-state index in [-0.39, 0.29) is 24.4 Å². The van der Waals surface area contributed by atoms with Gasteiger partial charge in [0.25, 0.3) is 5.91 Å². The maximum atomic E-state index is 11.4. The van der Waals surface area contributed by atoms with Crippen LogP contribution in [0.3, 0.4) is 0 Å². The average Bonchev–Trinajstić information content (AvgIpc) is 2.31. The lowest BCUT2D eigenvalue weighted by molar-refractivity contribution is -0.127. The summed E-state index contributed by atoms with van der Waals surface area (Å²) in [5.41, 5.74) is 5.32. The number of urea groups is 1. The number of nitrogens with two attached hydrogens (primary N) is 1. The van der Waals surface area contributed by atoms with Crippen molar-refractivity contribution in [2.45, 2.75) is 19.9 Å². The van der Waals surface area contributed by atoms with Crippen LogP contribution in [-0.4, -0.2) is 36.0 Å². The molecule has 1 saturated heterocycles. The van der Waals surface area contributed by atoms with Crippen molar-refractivity contribution in [2.24, 2.45) is 11.7 Å². The second-order valence-corrected chi connectivity index (χ2v) is 3.58. The van der Waals surface area contributed by atoms with Gasteiger partial charge in [-0.25, -0.2) is 4.79 Å². The highest BCUT2D eigenvalue weighted by Crippen LogP contribution is 2.08. The monoisotopic (exact) mass is 185 g/mol. The lowest BCUT2D eigenvalue weighted by Crippen LogP contribution is -2.37. The molecular formula is C8H15N3O2. The van der Waals surface area contributed by atoms with Crippen LogP contribution in [0.4, 0.5) is 4.79 Å². The summed E-state index contributed by atoms with van der Waals surface area (Å²) in [4.78, 5) is 23.9. The Morgan fingerprint density at radius 1 is 1.54 bits per heavy atom. The smallest absolute Gasteiger partial charge is 0.324 e. The third-order valence-corrected chi connectivity index (χ3v) is 1.89. The fraction of sp³-hybridized carbons (Fsp3) is 0.750. The summed E-state index contributed by atoms with van der Waals surface area (Å²) in [5, 5.41) is 2.52. The van der Waals surface area contributed by atoms with Gasteiger partial charge in [0.15, 0.2) is 0 Å². The molecule has 0 saturated carbocycles. The first kappa shape index (κ1) is 9.98. The summed E-state index contributed by atoms with van der Waals surface area (Å²) < 4.78 is 0. The molecule has 1 unspecified atom stereocenters. The van der Waals surface area contributed by atoms with Crippen LogP contribution in [0.2, 0.25) is 0 Å². The van der Waals surface area contributed by atoms with Gasteiger partial charge in [-0.1, -0.05) is 13.8 Å². The first-order chi connectivity index (χ1) is 6.06. The molecule has 3 N–H and O–H groups in total. The van der Waals surface area contributed by atoms with Gasteiger partial charge in [0, 0.05) is 13.1 Å². The number of amides is 3. The standard InChI is InChI=1S/C8H15N3O2/c1-5(2)4-11-7(12)6(3-9)10-8(11)13/h5-6H,3-4,9H2,1-2H3,(H,10,13). The van der Waals surface area contributed by atoms with Crippen molar-refractivity contribution in [3.05, 3.63) is 0 Å². The maximum Gasteiger partial charge on any atom is 0.324 e. The molecule has 1 aliphatic rings. The number of carbonyl (C=O) groups is 2. The van der Waals surface area contributed by atoms with Crippen molar-refractivity contribution >= 4 is 11.9 Å². The van der Waals surface area contributed by atoms with Gasteiger partial charge in [-0.3, -0.25) is 9.69 Å². The predicted molar refractivity (Wildman–Crippen MR) is 47.9 cm³/mol. The Hall–Kier alpha value is -1.10. The van der Waals surface area contributed by atoms with Crippen LogP contribution >= 0.6 is 0 Å².